The number of amides is 1. The number of hydrogen-bond donors (Lipinski definition) is 1. The summed E-state index contributed by atoms with van der Waals surface area (Å²) in [7, 11) is 0. The maximum atomic E-state index is 13.1. The van der Waals surface area contributed by atoms with Gasteiger partial charge in [0.1, 0.15) is 0 Å². The van der Waals surface area contributed by atoms with E-state index < -0.39 is 0 Å². The lowest BCUT2D eigenvalue weighted by atomic mass is 10.0. The Morgan fingerprint density at radius 2 is 1.70 bits per heavy atom. The second-order valence-corrected chi connectivity index (χ2v) is 11.1. The molecule has 0 unspecified atom stereocenters. The minimum atomic E-state index is -0.113. The summed E-state index contributed by atoms with van der Waals surface area (Å²) in [6, 6.07) is 25.2. The van der Waals surface area contributed by atoms with Gasteiger partial charge in [-0.1, -0.05) is 54.6 Å². The molecule has 1 atom stereocenters. The number of nitrogens with zero attached hydrogens (tertiary/aromatic N) is 2. The van der Waals surface area contributed by atoms with E-state index in [9.17, 15) is 4.79 Å². The van der Waals surface area contributed by atoms with E-state index in [0.29, 0.717) is 11.5 Å². The highest BCUT2D eigenvalue weighted by molar-refractivity contribution is 7.09. The van der Waals surface area contributed by atoms with Crippen LogP contribution in [-0.2, 0) is 16.1 Å². The summed E-state index contributed by atoms with van der Waals surface area (Å²) >= 11 is 1.71. The third-order valence-corrected chi connectivity index (χ3v) is 8.59. The molecule has 202 valence electrons. The summed E-state index contributed by atoms with van der Waals surface area (Å²) in [5.74, 6) is 0.581. The highest BCUT2D eigenvalue weighted by Crippen LogP contribution is 2.41. The molecule has 2 heterocycles. The van der Waals surface area contributed by atoms with Gasteiger partial charge in [0.05, 0.1) is 16.7 Å². The molecule has 1 aliphatic carbocycles. The smallest absolute Gasteiger partial charge is 0.344 e. The third-order valence-electron chi connectivity index (χ3n) is 7.56. The van der Waals surface area contributed by atoms with Gasteiger partial charge in [-0.25, -0.2) is 4.98 Å². The highest BCUT2D eigenvalue weighted by atomic mass is 32.1. The maximum Gasteiger partial charge on any atom is 0.373 e. The van der Waals surface area contributed by atoms with Crippen LogP contribution in [0.3, 0.4) is 0 Å². The molecule has 1 amide bonds. The SMILES string of the molecule is Cc1c(C)n(Cc2ccc(-c3ccccc3)cc2)c2ccc(C(=O)N[C@@H](C)c3csc(C4CC4)n3)cc12.O=C=O. The van der Waals surface area contributed by atoms with Gasteiger partial charge in [0.25, 0.3) is 5.91 Å². The van der Waals surface area contributed by atoms with Crippen molar-refractivity contribution in [3.8, 4) is 11.1 Å². The van der Waals surface area contributed by atoms with Crippen LogP contribution in [-0.4, -0.2) is 21.6 Å². The summed E-state index contributed by atoms with van der Waals surface area (Å²) in [6.07, 6.45) is 2.73. The first kappa shape index (κ1) is 27.3. The minimum Gasteiger partial charge on any atom is -0.344 e. The first-order valence-electron chi connectivity index (χ1n) is 13.4. The Kier molecular flexibility index (Phi) is 8.06. The predicted molar refractivity (Wildman–Crippen MR) is 157 cm³/mol. The Hall–Kier alpha value is -4.32. The van der Waals surface area contributed by atoms with Crippen molar-refractivity contribution >= 4 is 34.3 Å². The second-order valence-electron chi connectivity index (χ2n) is 10.3. The second kappa shape index (κ2) is 11.8. The zero-order valence-electron chi connectivity index (χ0n) is 22.8. The number of benzene rings is 3. The van der Waals surface area contributed by atoms with Gasteiger partial charge in [-0.3, -0.25) is 4.79 Å². The molecule has 1 fully saturated rings. The molecule has 3 aromatic carbocycles. The van der Waals surface area contributed by atoms with Crippen LogP contribution in [0.1, 0.15) is 69.6 Å². The van der Waals surface area contributed by atoms with Crippen molar-refractivity contribution < 1.29 is 14.4 Å². The number of carbonyl (C=O) groups is 1. The average molecular weight is 550 g/mol. The lowest BCUT2D eigenvalue weighted by Crippen LogP contribution is -2.26. The molecule has 40 heavy (non-hydrogen) atoms. The fraction of sp³-hybridized carbons (Fsp3) is 0.242. The average Bonchev–Trinajstić information content (AvgIpc) is 3.66. The van der Waals surface area contributed by atoms with E-state index in [4.69, 9.17) is 14.6 Å². The molecule has 0 saturated heterocycles. The Morgan fingerprint density at radius 1 is 1.02 bits per heavy atom. The van der Waals surface area contributed by atoms with Crippen LogP contribution in [0.25, 0.3) is 22.0 Å². The standard InChI is InChI=1S/C32H31N3OS.CO2/c1-20-22(3)35(18-23-9-11-25(12-10-23)24-7-5-4-6-8-24)30-16-15-27(17-28(20)30)31(36)33-21(2)29-19-37-32(34-29)26-13-14-26;2-1-3/h4-12,15-17,19,21,26H,13-14,18H2,1-3H3,(H,33,36);/t21-;/m0./s1. The Bertz CT molecular complexity index is 1680. The van der Waals surface area contributed by atoms with Gasteiger partial charge in [0.2, 0.25) is 0 Å². The summed E-state index contributed by atoms with van der Waals surface area (Å²) in [5, 5.41) is 7.57. The van der Waals surface area contributed by atoms with Crippen molar-refractivity contribution in [2.45, 2.75) is 52.1 Å². The first-order chi connectivity index (χ1) is 19.4. The van der Waals surface area contributed by atoms with Crippen LogP contribution in [0.5, 0.6) is 0 Å². The van der Waals surface area contributed by atoms with Gasteiger partial charge in [-0.15, -0.1) is 11.3 Å². The molecular formula is C33H31N3O3S. The number of aryl methyl sites for hydroxylation is 1. The minimum absolute atomic E-state index is 0.0586. The Balaban J connectivity index is 0.00000103. The number of thiazole rings is 1. The summed E-state index contributed by atoms with van der Waals surface area (Å²) in [6.45, 7) is 7.11. The molecule has 6 nitrogen and oxygen atoms in total. The molecule has 6 rings (SSSR count). The van der Waals surface area contributed by atoms with Crippen LogP contribution in [0, 0.1) is 13.8 Å². The van der Waals surface area contributed by atoms with E-state index in [0.717, 1.165) is 23.1 Å². The van der Waals surface area contributed by atoms with E-state index >= 15 is 0 Å². The molecule has 1 saturated carbocycles. The first-order valence-corrected chi connectivity index (χ1v) is 14.3. The van der Waals surface area contributed by atoms with Gasteiger partial charge in [-0.2, -0.15) is 9.59 Å². The predicted octanol–water partition coefficient (Wildman–Crippen LogP) is 7.21. The fourth-order valence-corrected chi connectivity index (χ4v) is 6.07. The molecule has 5 aromatic rings. The molecule has 1 N–H and O–H groups in total. The molecule has 0 radical (unpaired) electrons. The highest BCUT2D eigenvalue weighted by Gasteiger charge is 2.27. The van der Waals surface area contributed by atoms with Crippen LogP contribution in [0.15, 0.2) is 78.2 Å². The molecule has 2 aromatic heterocycles. The fourth-order valence-electron chi connectivity index (χ4n) is 4.98. The summed E-state index contributed by atoms with van der Waals surface area (Å²) < 4.78 is 2.35. The van der Waals surface area contributed by atoms with Crippen molar-refractivity contribution in [3.05, 3.63) is 111 Å². The van der Waals surface area contributed by atoms with Crippen LogP contribution < -0.4 is 5.32 Å². The van der Waals surface area contributed by atoms with Crippen molar-refractivity contribution in [1.29, 1.82) is 0 Å². The monoisotopic (exact) mass is 549 g/mol. The Labute approximate surface area is 237 Å². The van der Waals surface area contributed by atoms with Crippen LogP contribution in [0.4, 0.5) is 0 Å². The van der Waals surface area contributed by atoms with Crippen LogP contribution >= 0.6 is 11.3 Å². The van der Waals surface area contributed by atoms with E-state index in [1.165, 1.54) is 45.8 Å². The number of carbonyl (C=O) groups excluding carboxylic acids is 3. The number of hydrogen-bond acceptors (Lipinski definition) is 5. The van der Waals surface area contributed by atoms with E-state index in [2.05, 4.69) is 83.7 Å². The largest absolute Gasteiger partial charge is 0.373 e. The number of fused-ring (bicyclic) bond motifs is 1. The van der Waals surface area contributed by atoms with Gasteiger partial charge in [-0.05, 0) is 74.1 Å². The summed E-state index contributed by atoms with van der Waals surface area (Å²) in [4.78, 5) is 34.1. The zero-order chi connectivity index (χ0) is 28.2. The molecule has 7 heteroatoms. The Morgan fingerprint density at radius 3 is 2.38 bits per heavy atom. The van der Waals surface area contributed by atoms with E-state index in [-0.39, 0.29) is 18.1 Å². The third kappa shape index (κ3) is 5.81. The van der Waals surface area contributed by atoms with Gasteiger partial charge >= 0.3 is 6.15 Å². The number of aromatic nitrogens is 2. The molecule has 0 spiro atoms. The normalized spacial score (nSPS) is 13.3. The molecule has 1 aliphatic rings. The number of rotatable bonds is 7. The molecular weight excluding hydrogens is 518 g/mol. The topological polar surface area (TPSA) is 81.1 Å². The molecule has 0 bridgehead atoms. The van der Waals surface area contributed by atoms with Crippen LogP contribution in [0.2, 0.25) is 0 Å². The van der Waals surface area contributed by atoms with Gasteiger partial charge < -0.3 is 9.88 Å². The van der Waals surface area contributed by atoms with Crippen molar-refractivity contribution in [2.75, 3.05) is 0 Å². The van der Waals surface area contributed by atoms with Crippen molar-refractivity contribution in [2.24, 2.45) is 0 Å². The van der Waals surface area contributed by atoms with Crippen molar-refractivity contribution in [3.63, 3.8) is 0 Å². The number of nitrogens with one attached hydrogen (secondary N) is 1. The van der Waals surface area contributed by atoms with Gasteiger partial charge in [0.15, 0.2) is 0 Å². The molecule has 0 aliphatic heterocycles. The lowest BCUT2D eigenvalue weighted by Gasteiger charge is -2.12. The van der Waals surface area contributed by atoms with E-state index in [1.807, 2.05) is 25.1 Å². The lowest BCUT2D eigenvalue weighted by molar-refractivity contribution is -0.191. The maximum absolute atomic E-state index is 13.1. The summed E-state index contributed by atoms with van der Waals surface area (Å²) in [5.41, 5.74) is 8.94. The van der Waals surface area contributed by atoms with Gasteiger partial charge in [0, 0.05) is 40.0 Å². The zero-order valence-corrected chi connectivity index (χ0v) is 23.6. The van der Waals surface area contributed by atoms with Crippen molar-refractivity contribution in [1.82, 2.24) is 14.9 Å². The quantitative estimate of drug-likeness (QED) is 0.232. The van der Waals surface area contributed by atoms with E-state index in [1.54, 1.807) is 11.3 Å².